The molecule has 1 fully saturated rings. The summed E-state index contributed by atoms with van der Waals surface area (Å²) in [4.78, 5) is 11.8. The zero-order valence-electron chi connectivity index (χ0n) is 11.9. The number of nitrogens with one attached hydrogen (secondary N) is 2. The highest BCUT2D eigenvalue weighted by atomic mass is 16.1. The van der Waals surface area contributed by atoms with Gasteiger partial charge in [0, 0.05) is 24.7 Å². The first-order chi connectivity index (χ1) is 9.13. The average Bonchev–Trinajstić information content (AvgIpc) is 3.18. The number of benzene rings is 1. The van der Waals surface area contributed by atoms with E-state index in [0.29, 0.717) is 18.4 Å². The fraction of sp³-hybridized carbons (Fsp3) is 0.562. The largest absolute Gasteiger partial charge is 0.326 e. The van der Waals surface area contributed by atoms with Gasteiger partial charge < -0.3 is 10.6 Å². The van der Waals surface area contributed by atoms with Crippen LogP contribution in [0.1, 0.15) is 45.1 Å². The first-order valence-corrected chi connectivity index (χ1v) is 7.25. The Kier molecular flexibility index (Phi) is 4.97. The highest BCUT2D eigenvalue weighted by Gasteiger charge is 2.19. The Morgan fingerprint density at radius 1 is 1.37 bits per heavy atom. The van der Waals surface area contributed by atoms with Gasteiger partial charge in [-0.05, 0) is 42.9 Å². The molecule has 0 aromatic heterocycles. The molecule has 1 saturated carbocycles. The number of hydrogen-bond acceptors (Lipinski definition) is 2. The first kappa shape index (κ1) is 14.1. The number of carbonyl (C=O) groups excluding carboxylic acids is 1. The van der Waals surface area contributed by atoms with Gasteiger partial charge in [0.2, 0.25) is 5.91 Å². The van der Waals surface area contributed by atoms with Crippen LogP contribution < -0.4 is 10.6 Å². The van der Waals surface area contributed by atoms with Gasteiger partial charge in [0.25, 0.3) is 0 Å². The zero-order valence-corrected chi connectivity index (χ0v) is 11.9. The lowest BCUT2D eigenvalue weighted by Crippen LogP contribution is -2.16. The molecule has 0 spiro atoms. The molecule has 0 aliphatic heterocycles. The molecule has 19 heavy (non-hydrogen) atoms. The SMILES string of the molecule is CC(C)CCC(=O)Nc1cccc(CNC2CC2)c1. The monoisotopic (exact) mass is 260 g/mol. The van der Waals surface area contributed by atoms with E-state index < -0.39 is 0 Å². The number of carbonyl (C=O) groups is 1. The van der Waals surface area contributed by atoms with E-state index in [9.17, 15) is 4.79 Å². The van der Waals surface area contributed by atoms with E-state index in [4.69, 9.17) is 0 Å². The second-order valence-electron chi connectivity index (χ2n) is 5.84. The summed E-state index contributed by atoms with van der Waals surface area (Å²) in [7, 11) is 0. The van der Waals surface area contributed by atoms with Crippen LogP contribution in [0.5, 0.6) is 0 Å². The van der Waals surface area contributed by atoms with Gasteiger partial charge in [-0.25, -0.2) is 0 Å². The molecule has 0 saturated heterocycles. The molecule has 0 radical (unpaired) electrons. The molecule has 0 atom stereocenters. The molecule has 1 aromatic rings. The van der Waals surface area contributed by atoms with Crippen LogP contribution in [0.3, 0.4) is 0 Å². The molecule has 3 nitrogen and oxygen atoms in total. The molecular weight excluding hydrogens is 236 g/mol. The third-order valence-electron chi connectivity index (χ3n) is 3.33. The maximum atomic E-state index is 11.8. The van der Waals surface area contributed by atoms with E-state index >= 15 is 0 Å². The van der Waals surface area contributed by atoms with Crippen molar-refractivity contribution in [2.24, 2.45) is 5.92 Å². The van der Waals surface area contributed by atoms with Crippen LogP contribution in [0.15, 0.2) is 24.3 Å². The van der Waals surface area contributed by atoms with Crippen molar-refractivity contribution in [1.29, 1.82) is 0 Å². The van der Waals surface area contributed by atoms with Gasteiger partial charge in [-0.3, -0.25) is 4.79 Å². The Balaban J connectivity index is 1.81. The number of hydrogen-bond donors (Lipinski definition) is 2. The quantitative estimate of drug-likeness (QED) is 0.789. The standard InChI is InChI=1S/C16H24N2O/c1-12(2)6-9-16(19)18-15-5-3-4-13(10-15)11-17-14-7-8-14/h3-5,10,12,14,17H,6-9,11H2,1-2H3,(H,18,19). The lowest BCUT2D eigenvalue weighted by Gasteiger charge is -2.09. The Morgan fingerprint density at radius 3 is 2.84 bits per heavy atom. The molecule has 1 aliphatic carbocycles. The number of rotatable bonds is 7. The molecule has 3 heteroatoms. The maximum absolute atomic E-state index is 11.8. The van der Waals surface area contributed by atoms with Gasteiger partial charge >= 0.3 is 0 Å². The van der Waals surface area contributed by atoms with Crippen molar-refractivity contribution in [3.8, 4) is 0 Å². The predicted octanol–water partition coefficient (Wildman–Crippen LogP) is 3.31. The van der Waals surface area contributed by atoms with Crippen LogP contribution in [0.2, 0.25) is 0 Å². The summed E-state index contributed by atoms with van der Waals surface area (Å²) in [5.41, 5.74) is 2.14. The number of amides is 1. The smallest absolute Gasteiger partial charge is 0.224 e. The Hall–Kier alpha value is -1.35. The molecular formula is C16H24N2O. The molecule has 104 valence electrons. The van der Waals surface area contributed by atoms with Crippen LogP contribution in [0.25, 0.3) is 0 Å². The summed E-state index contributed by atoms with van der Waals surface area (Å²) in [6.45, 7) is 5.16. The molecule has 1 aromatic carbocycles. The third kappa shape index (κ3) is 5.43. The summed E-state index contributed by atoms with van der Waals surface area (Å²) in [5.74, 6) is 0.681. The summed E-state index contributed by atoms with van der Waals surface area (Å²) in [5, 5.41) is 6.46. The molecule has 1 aliphatic rings. The minimum absolute atomic E-state index is 0.112. The van der Waals surface area contributed by atoms with E-state index in [1.165, 1.54) is 18.4 Å². The van der Waals surface area contributed by atoms with Crippen LogP contribution in [0, 0.1) is 5.92 Å². The highest BCUT2D eigenvalue weighted by molar-refractivity contribution is 5.90. The van der Waals surface area contributed by atoms with Crippen molar-refractivity contribution in [2.75, 3.05) is 5.32 Å². The minimum atomic E-state index is 0.112. The summed E-state index contributed by atoms with van der Waals surface area (Å²) >= 11 is 0. The maximum Gasteiger partial charge on any atom is 0.224 e. The minimum Gasteiger partial charge on any atom is -0.326 e. The topological polar surface area (TPSA) is 41.1 Å². The molecule has 2 N–H and O–H groups in total. The highest BCUT2D eigenvalue weighted by Crippen LogP contribution is 2.20. The van der Waals surface area contributed by atoms with E-state index in [0.717, 1.165) is 18.7 Å². The van der Waals surface area contributed by atoms with Gasteiger partial charge in [0.15, 0.2) is 0 Å². The van der Waals surface area contributed by atoms with Crippen LogP contribution in [0.4, 0.5) is 5.69 Å². The summed E-state index contributed by atoms with van der Waals surface area (Å²) in [6, 6.07) is 8.82. The Morgan fingerprint density at radius 2 is 2.16 bits per heavy atom. The van der Waals surface area contributed by atoms with Crippen LogP contribution >= 0.6 is 0 Å². The van der Waals surface area contributed by atoms with Gasteiger partial charge in [0.05, 0.1) is 0 Å². The Labute approximate surface area is 115 Å². The second-order valence-corrected chi connectivity index (χ2v) is 5.84. The van der Waals surface area contributed by atoms with Gasteiger partial charge in [-0.1, -0.05) is 26.0 Å². The zero-order chi connectivity index (χ0) is 13.7. The fourth-order valence-electron chi connectivity index (χ4n) is 1.95. The van der Waals surface area contributed by atoms with Crippen molar-refractivity contribution in [3.63, 3.8) is 0 Å². The van der Waals surface area contributed by atoms with Gasteiger partial charge in [-0.15, -0.1) is 0 Å². The molecule has 2 rings (SSSR count). The normalized spacial score (nSPS) is 14.7. The summed E-state index contributed by atoms with van der Waals surface area (Å²) < 4.78 is 0. The Bertz CT molecular complexity index is 425. The lowest BCUT2D eigenvalue weighted by atomic mass is 10.1. The van der Waals surface area contributed by atoms with Crippen molar-refractivity contribution >= 4 is 11.6 Å². The molecule has 0 unspecified atom stereocenters. The van der Waals surface area contributed by atoms with Crippen molar-refractivity contribution in [3.05, 3.63) is 29.8 Å². The van der Waals surface area contributed by atoms with Crippen molar-refractivity contribution < 1.29 is 4.79 Å². The molecule has 0 heterocycles. The third-order valence-corrected chi connectivity index (χ3v) is 3.33. The average molecular weight is 260 g/mol. The number of anilines is 1. The van der Waals surface area contributed by atoms with Crippen LogP contribution in [-0.2, 0) is 11.3 Å². The fourth-order valence-corrected chi connectivity index (χ4v) is 1.95. The molecule has 0 bridgehead atoms. The lowest BCUT2D eigenvalue weighted by molar-refractivity contribution is -0.116. The van der Waals surface area contributed by atoms with E-state index in [1.54, 1.807) is 0 Å². The van der Waals surface area contributed by atoms with E-state index in [-0.39, 0.29) is 5.91 Å². The first-order valence-electron chi connectivity index (χ1n) is 7.25. The molecule has 1 amide bonds. The van der Waals surface area contributed by atoms with Gasteiger partial charge in [-0.2, -0.15) is 0 Å². The van der Waals surface area contributed by atoms with Crippen LogP contribution in [-0.4, -0.2) is 11.9 Å². The van der Waals surface area contributed by atoms with Crippen molar-refractivity contribution in [1.82, 2.24) is 5.32 Å². The van der Waals surface area contributed by atoms with Crippen molar-refractivity contribution in [2.45, 2.75) is 52.1 Å². The predicted molar refractivity (Wildman–Crippen MR) is 79.0 cm³/mol. The van der Waals surface area contributed by atoms with E-state index in [2.05, 4.69) is 36.6 Å². The summed E-state index contributed by atoms with van der Waals surface area (Å²) in [6.07, 6.45) is 4.13. The van der Waals surface area contributed by atoms with E-state index in [1.807, 2.05) is 12.1 Å². The van der Waals surface area contributed by atoms with Gasteiger partial charge in [0.1, 0.15) is 0 Å². The second kappa shape index (κ2) is 6.71.